The molecule has 0 unspecified atom stereocenters. The third-order valence-corrected chi connectivity index (χ3v) is 5.33. The lowest BCUT2D eigenvalue weighted by atomic mass is 10.1. The highest BCUT2D eigenvalue weighted by molar-refractivity contribution is 7.89. The third kappa shape index (κ3) is 1.78. The Kier molecular flexibility index (Phi) is 2.49. The molecule has 0 amide bonds. The number of hydrogen-bond donors (Lipinski definition) is 1. The van der Waals surface area contributed by atoms with Crippen LogP contribution in [0.3, 0.4) is 0 Å². The fraction of sp³-hybridized carbons (Fsp3) is 0.700. The van der Waals surface area contributed by atoms with E-state index >= 15 is 0 Å². The van der Waals surface area contributed by atoms with Crippen LogP contribution in [-0.2, 0) is 17.1 Å². The van der Waals surface area contributed by atoms with E-state index in [0.717, 1.165) is 13.0 Å². The van der Waals surface area contributed by atoms with Crippen molar-refractivity contribution < 1.29 is 8.42 Å². The number of sulfonamides is 1. The lowest BCUT2D eigenvalue weighted by molar-refractivity contribution is 0.446. The summed E-state index contributed by atoms with van der Waals surface area (Å²) in [6, 6.07) is 0.327. The largest absolute Gasteiger partial charge is 0.339 e. The van der Waals surface area contributed by atoms with Gasteiger partial charge in [-0.1, -0.05) is 0 Å². The molecule has 1 aromatic rings. The quantitative estimate of drug-likeness (QED) is 0.767. The number of imidazole rings is 1. The molecule has 2 fully saturated rings. The Morgan fingerprint density at radius 2 is 2.29 bits per heavy atom. The number of rotatable bonds is 2. The third-order valence-electron chi connectivity index (χ3n) is 3.61. The maximum atomic E-state index is 12.3. The average Bonchev–Trinajstić information content (AvgIpc) is 2.89. The smallest absolute Gasteiger partial charge is 0.262 e. The second-order valence-corrected chi connectivity index (χ2v) is 6.69. The minimum atomic E-state index is -3.40. The van der Waals surface area contributed by atoms with E-state index in [2.05, 4.69) is 10.3 Å². The van der Waals surface area contributed by atoms with E-state index in [0.29, 0.717) is 25.0 Å². The van der Waals surface area contributed by atoms with E-state index in [1.54, 1.807) is 22.1 Å². The van der Waals surface area contributed by atoms with E-state index in [-0.39, 0.29) is 5.03 Å². The van der Waals surface area contributed by atoms with Crippen LogP contribution in [0.4, 0.5) is 0 Å². The van der Waals surface area contributed by atoms with Crippen molar-refractivity contribution >= 4 is 10.0 Å². The summed E-state index contributed by atoms with van der Waals surface area (Å²) in [5, 5.41) is 3.50. The first kappa shape index (κ1) is 11.2. The average molecular weight is 256 g/mol. The molecule has 2 aliphatic heterocycles. The van der Waals surface area contributed by atoms with Crippen LogP contribution in [0.1, 0.15) is 6.42 Å². The van der Waals surface area contributed by atoms with Crippen LogP contribution in [0.15, 0.2) is 17.6 Å². The molecule has 2 aliphatic rings. The molecule has 0 saturated carbocycles. The molecule has 7 heteroatoms. The molecule has 2 atom stereocenters. The maximum absolute atomic E-state index is 12.3. The van der Waals surface area contributed by atoms with Gasteiger partial charge in [0.2, 0.25) is 0 Å². The molecular weight excluding hydrogens is 240 g/mol. The molecule has 94 valence electrons. The Labute approximate surface area is 101 Å². The summed E-state index contributed by atoms with van der Waals surface area (Å²) in [5.74, 6) is 0.466. The summed E-state index contributed by atoms with van der Waals surface area (Å²) in [5.41, 5.74) is 0. The zero-order valence-electron chi connectivity index (χ0n) is 9.70. The van der Waals surface area contributed by atoms with Crippen molar-refractivity contribution in [2.45, 2.75) is 17.5 Å². The van der Waals surface area contributed by atoms with Crippen LogP contribution >= 0.6 is 0 Å². The van der Waals surface area contributed by atoms with Crippen LogP contribution in [0.5, 0.6) is 0 Å². The highest BCUT2D eigenvalue weighted by atomic mass is 32.2. The highest BCUT2D eigenvalue weighted by Gasteiger charge is 2.41. The van der Waals surface area contributed by atoms with Gasteiger partial charge in [0.25, 0.3) is 10.0 Å². The van der Waals surface area contributed by atoms with Crippen molar-refractivity contribution in [1.29, 1.82) is 0 Å². The molecule has 0 bridgehead atoms. The van der Waals surface area contributed by atoms with E-state index < -0.39 is 10.0 Å². The maximum Gasteiger partial charge on any atom is 0.262 e. The molecule has 0 aromatic carbocycles. The molecule has 17 heavy (non-hydrogen) atoms. The number of fused-ring (bicyclic) bond motifs is 1. The molecule has 1 N–H and O–H groups in total. The van der Waals surface area contributed by atoms with Crippen LogP contribution in [0.25, 0.3) is 0 Å². The fourth-order valence-electron chi connectivity index (χ4n) is 2.66. The molecule has 0 aliphatic carbocycles. The van der Waals surface area contributed by atoms with E-state index in [1.165, 1.54) is 6.33 Å². The van der Waals surface area contributed by atoms with Gasteiger partial charge in [-0.05, 0) is 18.9 Å². The van der Waals surface area contributed by atoms with Gasteiger partial charge in [-0.15, -0.1) is 0 Å². The number of nitrogens with zero attached hydrogens (tertiary/aromatic N) is 3. The van der Waals surface area contributed by atoms with Gasteiger partial charge in [-0.2, -0.15) is 4.31 Å². The molecule has 3 heterocycles. The summed E-state index contributed by atoms with van der Waals surface area (Å²) in [6.45, 7) is 2.20. The Bertz CT molecular complexity index is 512. The predicted octanol–water partition coefficient (Wildman–Crippen LogP) is -0.597. The van der Waals surface area contributed by atoms with E-state index in [9.17, 15) is 8.42 Å². The zero-order chi connectivity index (χ0) is 12.0. The standard InChI is InChI=1S/C10H16N4O2S/c1-13-6-10(12-7-13)17(15,16)14-4-8-2-3-11-9(8)5-14/h6-9,11H,2-5H2,1H3/t8-,9+/m0/s1. The van der Waals surface area contributed by atoms with Gasteiger partial charge in [0, 0.05) is 32.4 Å². The van der Waals surface area contributed by atoms with Crippen LogP contribution < -0.4 is 5.32 Å². The van der Waals surface area contributed by atoms with Gasteiger partial charge in [-0.3, -0.25) is 0 Å². The second kappa shape index (κ2) is 3.79. The first-order chi connectivity index (χ1) is 8.07. The topological polar surface area (TPSA) is 67.2 Å². The first-order valence-electron chi connectivity index (χ1n) is 5.79. The van der Waals surface area contributed by atoms with Gasteiger partial charge >= 0.3 is 0 Å². The highest BCUT2D eigenvalue weighted by Crippen LogP contribution is 2.28. The summed E-state index contributed by atoms with van der Waals surface area (Å²) in [4.78, 5) is 3.94. The van der Waals surface area contributed by atoms with Gasteiger partial charge in [-0.25, -0.2) is 13.4 Å². The number of aryl methyl sites for hydroxylation is 1. The SMILES string of the molecule is Cn1cnc(S(=O)(=O)N2C[C@@H]3CCN[C@@H]3C2)c1. The molecule has 3 rings (SSSR count). The van der Waals surface area contributed by atoms with E-state index in [1.807, 2.05) is 0 Å². The van der Waals surface area contributed by atoms with Crippen molar-refractivity contribution in [3.05, 3.63) is 12.5 Å². The number of nitrogens with one attached hydrogen (secondary N) is 1. The minimum Gasteiger partial charge on any atom is -0.339 e. The molecule has 6 nitrogen and oxygen atoms in total. The molecule has 2 saturated heterocycles. The fourth-order valence-corrected chi connectivity index (χ4v) is 4.15. The Balaban J connectivity index is 1.85. The molecule has 0 spiro atoms. The summed E-state index contributed by atoms with van der Waals surface area (Å²) in [6.07, 6.45) is 4.14. The van der Waals surface area contributed by atoms with Crippen LogP contribution in [0.2, 0.25) is 0 Å². The van der Waals surface area contributed by atoms with Gasteiger partial charge < -0.3 is 9.88 Å². The Morgan fingerprint density at radius 3 is 2.94 bits per heavy atom. The second-order valence-electron chi connectivity index (χ2n) is 4.81. The lowest BCUT2D eigenvalue weighted by Gasteiger charge is -2.15. The number of hydrogen-bond acceptors (Lipinski definition) is 4. The van der Waals surface area contributed by atoms with Gasteiger partial charge in [0.15, 0.2) is 5.03 Å². The summed E-state index contributed by atoms with van der Waals surface area (Å²) in [7, 11) is -1.63. The van der Waals surface area contributed by atoms with Crippen LogP contribution in [0, 0.1) is 5.92 Å². The normalized spacial score (nSPS) is 29.7. The van der Waals surface area contributed by atoms with E-state index in [4.69, 9.17) is 0 Å². The van der Waals surface area contributed by atoms with Crippen molar-refractivity contribution in [2.24, 2.45) is 13.0 Å². The Hall–Kier alpha value is -0.920. The summed E-state index contributed by atoms with van der Waals surface area (Å²) >= 11 is 0. The Morgan fingerprint density at radius 1 is 1.47 bits per heavy atom. The summed E-state index contributed by atoms with van der Waals surface area (Å²) < 4.78 is 27.8. The predicted molar refractivity (Wildman–Crippen MR) is 61.9 cm³/mol. The van der Waals surface area contributed by atoms with Crippen molar-refractivity contribution in [3.63, 3.8) is 0 Å². The first-order valence-corrected chi connectivity index (χ1v) is 7.23. The van der Waals surface area contributed by atoms with Crippen molar-refractivity contribution in [3.8, 4) is 0 Å². The molecular formula is C10H16N4O2S. The lowest BCUT2D eigenvalue weighted by Crippen LogP contribution is -2.34. The van der Waals surface area contributed by atoms with Gasteiger partial charge in [0.1, 0.15) is 0 Å². The zero-order valence-corrected chi connectivity index (χ0v) is 10.5. The van der Waals surface area contributed by atoms with Crippen molar-refractivity contribution in [2.75, 3.05) is 19.6 Å². The van der Waals surface area contributed by atoms with Crippen LogP contribution in [-0.4, -0.2) is 48.0 Å². The number of aromatic nitrogens is 2. The monoisotopic (exact) mass is 256 g/mol. The molecule has 0 radical (unpaired) electrons. The minimum absolute atomic E-state index is 0.153. The molecule has 1 aromatic heterocycles. The van der Waals surface area contributed by atoms with Crippen molar-refractivity contribution in [1.82, 2.24) is 19.2 Å². The van der Waals surface area contributed by atoms with Gasteiger partial charge in [0.05, 0.1) is 6.33 Å².